The molecule has 2 rings (SSSR count). The molecule has 1 saturated carbocycles. The molecule has 1 aromatic heterocycles. The molecule has 1 N–H and O–H groups in total. The first-order chi connectivity index (χ1) is 9.92. The zero-order chi connectivity index (χ0) is 15.5. The van der Waals surface area contributed by atoms with Crippen molar-refractivity contribution in [3.05, 3.63) is 20.8 Å². The second-order valence-corrected chi connectivity index (χ2v) is 9.39. The third-order valence-corrected chi connectivity index (χ3v) is 6.72. The van der Waals surface area contributed by atoms with Gasteiger partial charge in [0, 0.05) is 20.8 Å². The molecule has 1 nitrogen and oxygen atoms in total. The van der Waals surface area contributed by atoms with Gasteiger partial charge in [0.1, 0.15) is 0 Å². The Hall–Kier alpha value is 0.140. The van der Waals surface area contributed by atoms with Crippen LogP contribution in [-0.4, -0.2) is 12.6 Å². The molecule has 0 aliphatic heterocycles. The number of nitrogens with one attached hydrogen (secondary N) is 1. The lowest BCUT2D eigenvalue weighted by atomic mass is 9.65. The highest BCUT2D eigenvalue weighted by Gasteiger charge is 2.38. The zero-order valence-corrected chi connectivity index (χ0v) is 16.3. The predicted molar refractivity (Wildman–Crippen MR) is 98.1 cm³/mol. The number of halogens is 1. The summed E-state index contributed by atoms with van der Waals surface area (Å²) in [6.07, 6.45) is 6.55. The van der Waals surface area contributed by atoms with Gasteiger partial charge in [-0.05, 0) is 71.5 Å². The lowest BCUT2D eigenvalue weighted by molar-refractivity contribution is 0.0947. The quantitative estimate of drug-likeness (QED) is 0.657. The average Bonchev–Trinajstić information content (AvgIpc) is 2.80. The van der Waals surface area contributed by atoms with E-state index in [9.17, 15) is 0 Å². The van der Waals surface area contributed by atoms with Crippen molar-refractivity contribution in [2.24, 2.45) is 17.3 Å². The highest BCUT2D eigenvalue weighted by molar-refractivity contribution is 9.10. The van der Waals surface area contributed by atoms with Gasteiger partial charge in [-0.1, -0.05) is 34.1 Å². The zero-order valence-electron chi connectivity index (χ0n) is 13.9. The summed E-state index contributed by atoms with van der Waals surface area (Å²) < 4.78 is 1.23. The van der Waals surface area contributed by atoms with Gasteiger partial charge in [-0.15, -0.1) is 11.3 Å². The monoisotopic (exact) mass is 371 g/mol. The first kappa shape index (κ1) is 17.5. The van der Waals surface area contributed by atoms with Crippen LogP contribution >= 0.6 is 27.3 Å². The topological polar surface area (TPSA) is 12.0 Å². The fraction of sp³-hybridized carbons (Fsp3) is 0.778. The maximum absolute atomic E-state index is 3.84. The molecule has 1 fully saturated rings. The summed E-state index contributed by atoms with van der Waals surface area (Å²) in [5, 5.41) is 6.05. The van der Waals surface area contributed by atoms with Crippen LogP contribution in [0.4, 0.5) is 0 Å². The van der Waals surface area contributed by atoms with Gasteiger partial charge in [0.25, 0.3) is 0 Å². The van der Waals surface area contributed by atoms with E-state index in [0.717, 1.165) is 18.4 Å². The van der Waals surface area contributed by atoms with E-state index in [4.69, 9.17) is 0 Å². The van der Waals surface area contributed by atoms with E-state index in [0.29, 0.717) is 11.5 Å². The standard InChI is InChI=1S/C18H30BrNS/c1-5-8-20-17-9-13(2)6-7-16(17)18(3,4)11-15-10-14(19)12-21-15/h10,12-13,16-17,20H,5-9,11H2,1-4H3. The van der Waals surface area contributed by atoms with Gasteiger partial charge in [0.15, 0.2) is 0 Å². The molecule has 0 radical (unpaired) electrons. The summed E-state index contributed by atoms with van der Waals surface area (Å²) in [6, 6.07) is 3.00. The number of rotatable bonds is 6. The van der Waals surface area contributed by atoms with Crippen LogP contribution in [0.1, 0.15) is 58.3 Å². The summed E-state index contributed by atoms with van der Waals surface area (Å²) in [6.45, 7) is 10.8. The maximum Gasteiger partial charge on any atom is 0.0285 e. The van der Waals surface area contributed by atoms with E-state index in [1.165, 1.54) is 41.5 Å². The van der Waals surface area contributed by atoms with Crippen LogP contribution in [0.2, 0.25) is 0 Å². The van der Waals surface area contributed by atoms with Gasteiger partial charge < -0.3 is 5.32 Å². The Balaban J connectivity index is 2.07. The number of hydrogen-bond donors (Lipinski definition) is 1. The molecule has 3 unspecified atom stereocenters. The summed E-state index contributed by atoms with van der Waals surface area (Å²) in [5.41, 5.74) is 0.371. The Kier molecular flexibility index (Phi) is 6.34. The minimum Gasteiger partial charge on any atom is -0.314 e. The van der Waals surface area contributed by atoms with Gasteiger partial charge in [0.05, 0.1) is 0 Å². The van der Waals surface area contributed by atoms with Gasteiger partial charge in [0.2, 0.25) is 0 Å². The molecule has 21 heavy (non-hydrogen) atoms. The lowest BCUT2D eigenvalue weighted by Gasteiger charge is -2.44. The molecule has 1 aliphatic carbocycles. The minimum atomic E-state index is 0.371. The van der Waals surface area contributed by atoms with Crippen molar-refractivity contribution in [2.45, 2.75) is 65.8 Å². The smallest absolute Gasteiger partial charge is 0.0285 e. The second-order valence-electron chi connectivity index (χ2n) is 7.48. The molecule has 0 spiro atoms. The third-order valence-electron chi connectivity index (χ3n) is 5.02. The van der Waals surface area contributed by atoms with Crippen LogP contribution in [-0.2, 0) is 6.42 Å². The fourth-order valence-electron chi connectivity index (χ4n) is 3.90. The highest BCUT2D eigenvalue weighted by Crippen LogP contribution is 2.43. The Morgan fingerprint density at radius 1 is 1.38 bits per heavy atom. The normalized spacial score (nSPS) is 27.0. The lowest BCUT2D eigenvalue weighted by Crippen LogP contribution is -2.47. The van der Waals surface area contributed by atoms with Crippen molar-refractivity contribution in [3.8, 4) is 0 Å². The summed E-state index contributed by atoms with van der Waals surface area (Å²) >= 11 is 5.48. The van der Waals surface area contributed by atoms with E-state index < -0.39 is 0 Å². The minimum absolute atomic E-state index is 0.371. The molecule has 0 bridgehead atoms. The Morgan fingerprint density at radius 3 is 2.76 bits per heavy atom. The third kappa shape index (κ3) is 4.80. The molecule has 0 amide bonds. The van der Waals surface area contributed by atoms with Crippen LogP contribution in [0.25, 0.3) is 0 Å². The molecular formula is C18H30BrNS. The van der Waals surface area contributed by atoms with Crippen LogP contribution in [0.3, 0.4) is 0 Å². The van der Waals surface area contributed by atoms with Crippen molar-refractivity contribution < 1.29 is 0 Å². The van der Waals surface area contributed by atoms with Crippen LogP contribution in [0, 0.1) is 17.3 Å². The maximum atomic E-state index is 3.84. The molecule has 3 atom stereocenters. The van der Waals surface area contributed by atoms with E-state index >= 15 is 0 Å². The van der Waals surface area contributed by atoms with Gasteiger partial charge in [-0.25, -0.2) is 0 Å². The molecule has 120 valence electrons. The Morgan fingerprint density at radius 2 is 2.14 bits per heavy atom. The number of hydrogen-bond acceptors (Lipinski definition) is 2. The molecular weight excluding hydrogens is 342 g/mol. The van der Waals surface area contributed by atoms with Gasteiger partial charge in [-0.3, -0.25) is 0 Å². The van der Waals surface area contributed by atoms with Crippen LogP contribution in [0.15, 0.2) is 15.9 Å². The van der Waals surface area contributed by atoms with Crippen molar-refractivity contribution in [1.29, 1.82) is 0 Å². The van der Waals surface area contributed by atoms with E-state index in [1.807, 2.05) is 11.3 Å². The molecule has 3 heteroatoms. The first-order valence-electron chi connectivity index (χ1n) is 8.38. The SMILES string of the molecule is CCCNC1CC(C)CCC1C(C)(C)Cc1cc(Br)cs1. The summed E-state index contributed by atoms with van der Waals surface area (Å²) in [7, 11) is 0. The molecule has 0 saturated heterocycles. The van der Waals surface area contributed by atoms with Crippen LogP contribution < -0.4 is 5.32 Å². The fourth-order valence-corrected chi connectivity index (χ4v) is 5.59. The largest absolute Gasteiger partial charge is 0.314 e. The van der Waals surface area contributed by atoms with E-state index in [1.54, 1.807) is 0 Å². The van der Waals surface area contributed by atoms with Crippen LogP contribution in [0.5, 0.6) is 0 Å². The van der Waals surface area contributed by atoms with Gasteiger partial charge >= 0.3 is 0 Å². The summed E-state index contributed by atoms with van der Waals surface area (Å²) in [5.74, 6) is 1.67. The second kappa shape index (κ2) is 7.61. The van der Waals surface area contributed by atoms with E-state index in [2.05, 4.69) is 60.4 Å². The predicted octanol–water partition coefficient (Wildman–Crippen LogP) is 5.88. The highest BCUT2D eigenvalue weighted by atomic mass is 79.9. The molecule has 1 heterocycles. The molecule has 0 aromatic carbocycles. The Bertz CT molecular complexity index is 440. The van der Waals surface area contributed by atoms with Crippen molar-refractivity contribution >= 4 is 27.3 Å². The van der Waals surface area contributed by atoms with E-state index in [-0.39, 0.29) is 0 Å². The number of thiophene rings is 1. The van der Waals surface area contributed by atoms with Crippen molar-refractivity contribution in [2.75, 3.05) is 6.54 Å². The van der Waals surface area contributed by atoms with Crippen molar-refractivity contribution in [3.63, 3.8) is 0 Å². The first-order valence-corrected chi connectivity index (χ1v) is 10.1. The summed E-state index contributed by atoms with van der Waals surface area (Å²) in [4.78, 5) is 1.51. The van der Waals surface area contributed by atoms with Crippen molar-refractivity contribution in [1.82, 2.24) is 5.32 Å². The average molecular weight is 372 g/mol. The molecule has 1 aromatic rings. The van der Waals surface area contributed by atoms with Gasteiger partial charge in [-0.2, -0.15) is 0 Å². The molecule has 1 aliphatic rings. The Labute approximate surface area is 143 Å².